The second-order valence-corrected chi connectivity index (χ2v) is 8.82. The lowest BCUT2D eigenvalue weighted by Gasteiger charge is -2.18. The average Bonchev–Trinajstić information content (AvgIpc) is 2.85. The monoisotopic (exact) mass is 397 g/mol. The maximum absolute atomic E-state index is 12.3. The zero-order chi connectivity index (χ0) is 20.3. The summed E-state index contributed by atoms with van der Waals surface area (Å²) >= 11 is 1.56. The number of ether oxygens (including phenoxy) is 1. The third-order valence-electron chi connectivity index (χ3n) is 4.48. The molecule has 3 rings (SSSR count). The van der Waals surface area contributed by atoms with E-state index < -0.39 is 5.97 Å². The Morgan fingerprint density at radius 2 is 1.75 bits per heavy atom. The van der Waals surface area contributed by atoms with Gasteiger partial charge in [-0.2, -0.15) is 0 Å². The number of Topliss-reactive ketones (excluding diaryl/α,β-unsaturated/α-hetero) is 1. The van der Waals surface area contributed by atoms with Crippen LogP contribution in [0.5, 0.6) is 0 Å². The highest BCUT2D eigenvalue weighted by molar-refractivity contribution is 7.99. The number of anilines is 1. The van der Waals surface area contributed by atoms with Gasteiger partial charge in [-0.3, -0.25) is 9.59 Å². The number of esters is 1. The van der Waals surface area contributed by atoms with Gasteiger partial charge in [-0.1, -0.05) is 45.0 Å². The van der Waals surface area contributed by atoms with Crippen molar-refractivity contribution in [3.63, 3.8) is 0 Å². The molecule has 0 saturated carbocycles. The molecule has 1 aliphatic rings. The molecule has 0 spiro atoms. The van der Waals surface area contributed by atoms with Gasteiger partial charge in [-0.25, -0.2) is 4.79 Å². The minimum atomic E-state index is -0.592. The molecule has 0 unspecified atom stereocenters. The Bertz CT molecular complexity index is 913. The first-order valence-electron chi connectivity index (χ1n) is 9.11. The van der Waals surface area contributed by atoms with Crippen LogP contribution >= 0.6 is 11.8 Å². The Hall–Kier alpha value is -2.60. The number of fused-ring (bicyclic) bond motifs is 1. The normalized spacial score (nSPS) is 13.9. The van der Waals surface area contributed by atoms with E-state index in [1.165, 1.54) is 0 Å². The molecule has 2 aromatic rings. The minimum absolute atomic E-state index is 0.00702. The molecule has 1 aliphatic heterocycles. The van der Waals surface area contributed by atoms with Gasteiger partial charge in [0.25, 0.3) is 0 Å². The number of benzene rings is 2. The van der Waals surface area contributed by atoms with Crippen molar-refractivity contribution in [1.29, 1.82) is 0 Å². The number of nitrogens with one attached hydrogen (secondary N) is 1. The lowest BCUT2D eigenvalue weighted by Crippen LogP contribution is -2.16. The molecule has 6 heteroatoms. The summed E-state index contributed by atoms with van der Waals surface area (Å²) in [5, 5.41) is 2.79. The maximum atomic E-state index is 12.3. The standard InChI is InChI=1S/C22H23NO4S/c1-22(2,3)16-7-4-14(5-8-16)18(24)13-27-21(26)15-6-9-19-17(12-15)23-20(25)10-11-28-19/h4-9,12H,10-11,13H2,1-3H3,(H,23,25). The molecule has 0 atom stereocenters. The Morgan fingerprint density at radius 3 is 2.43 bits per heavy atom. The smallest absolute Gasteiger partial charge is 0.338 e. The van der Waals surface area contributed by atoms with Crippen molar-refractivity contribution >= 4 is 35.1 Å². The Labute approximate surface area is 168 Å². The summed E-state index contributed by atoms with van der Waals surface area (Å²) in [5.41, 5.74) is 2.55. The van der Waals surface area contributed by atoms with Crippen LogP contribution < -0.4 is 5.32 Å². The topological polar surface area (TPSA) is 72.5 Å². The van der Waals surface area contributed by atoms with Gasteiger partial charge < -0.3 is 10.1 Å². The predicted octanol–water partition coefficient (Wildman–Crippen LogP) is 4.46. The van der Waals surface area contributed by atoms with Gasteiger partial charge in [-0.05, 0) is 29.2 Å². The van der Waals surface area contributed by atoms with Crippen molar-refractivity contribution in [3.05, 3.63) is 59.2 Å². The van der Waals surface area contributed by atoms with Gasteiger partial charge in [0.05, 0.1) is 11.3 Å². The van der Waals surface area contributed by atoms with Gasteiger partial charge in [-0.15, -0.1) is 11.8 Å². The van der Waals surface area contributed by atoms with Crippen molar-refractivity contribution in [2.45, 2.75) is 37.5 Å². The van der Waals surface area contributed by atoms with E-state index in [1.54, 1.807) is 42.1 Å². The fourth-order valence-corrected chi connectivity index (χ4v) is 3.74. The quantitative estimate of drug-likeness (QED) is 0.609. The van der Waals surface area contributed by atoms with Crippen LogP contribution in [0.3, 0.4) is 0 Å². The fourth-order valence-electron chi connectivity index (χ4n) is 2.80. The molecule has 1 amide bonds. The van der Waals surface area contributed by atoms with Crippen molar-refractivity contribution in [3.8, 4) is 0 Å². The molecule has 28 heavy (non-hydrogen) atoms. The lowest BCUT2D eigenvalue weighted by atomic mass is 9.86. The van der Waals surface area contributed by atoms with Crippen molar-refractivity contribution in [2.24, 2.45) is 0 Å². The van der Waals surface area contributed by atoms with Gasteiger partial charge in [0.15, 0.2) is 12.4 Å². The number of carbonyl (C=O) groups excluding carboxylic acids is 3. The summed E-state index contributed by atoms with van der Waals surface area (Å²) < 4.78 is 5.18. The van der Waals surface area contributed by atoms with Crippen LogP contribution in [-0.4, -0.2) is 30.0 Å². The molecule has 0 fully saturated rings. The SMILES string of the molecule is CC(C)(C)c1ccc(C(=O)COC(=O)c2ccc3c(c2)NC(=O)CCS3)cc1. The van der Waals surface area contributed by atoms with Crippen LogP contribution in [-0.2, 0) is 14.9 Å². The summed E-state index contributed by atoms with van der Waals surface area (Å²) in [6.45, 7) is 5.99. The number of thioether (sulfide) groups is 1. The second-order valence-electron chi connectivity index (χ2n) is 7.68. The van der Waals surface area contributed by atoms with Crippen LogP contribution in [0.15, 0.2) is 47.4 Å². The van der Waals surface area contributed by atoms with Crippen molar-refractivity contribution < 1.29 is 19.1 Å². The largest absolute Gasteiger partial charge is 0.454 e. The highest BCUT2D eigenvalue weighted by Crippen LogP contribution is 2.31. The molecule has 1 heterocycles. The lowest BCUT2D eigenvalue weighted by molar-refractivity contribution is -0.115. The van der Waals surface area contributed by atoms with Crippen LogP contribution in [0.4, 0.5) is 5.69 Å². The van der Waals surface area contributed by atoms with Gasteiger partial charge in [0, 0.05) is 22.6 Å². The first kappa shape index (κ1) is 20.1. The average molecular weight is 397 g/mol. The van der Waals surface area contributed by atoms with E-state index in [1.807, 2.05) is 12.1 Å². The third-order valence-corrected chi connectivity index (χ3v) is 5.56. The van der Waals surface area contributed by atoms with Crippen molar-refractivity contribution in [2.75, 3.05) is 17.7 Å². The molecule has 0 bridgehead atoms. The molecule has 2 aromatic carbocycles. The molecule has 0 radical (unpaired) electrons. The van der Waals surface area contributed by atoms with E-state index in [0.717, 1.165) is 10.5 Å². The summed E-state index contributed by atoms with van der Waals surface area (Å²) in [7, 11) is 0. The molecule has 0 aromatic heterocycles. The number of amides is 1. The maximum Gasteiger partial charge on any atom is 0.338 e. The molecule has 0 saturated heterocycles. The fraction of sp³-hybridized carbons (Fsp3) is 0.318. The molecule has 146 valence electrons. The summed E-state index contributed by atoms with van der Waals surface area (Å²) in [4.78, 5) is 37.3. The van der Waals surface area contributed by atoms with Gasteiger partial charge in [0.2, 0.25) is 5.91 Å². The zero-order valence-corrected chi connectivity index (χ0v) is 17.0. The number of hydrogen-bond acceptors (Lipinski definition) is 5. The summed E-state index contributed by atoms with van der Waals surface area (Å²) in [5.74, 6) is -0.227. The molecule has 5 nitrogen and oxygen atoms in total. The highest BCUT2D eigenvalue weighted by Gasteiger charge is 2.18. The molecular formula is C22H23NO4S. The van der Waals surface area contributed by atoms with E-state index in [0.29, 0.717) is 29.0 Å². The van der Waals surface area contributed by atoms with Crippen LogP contribution in [0.25, 0.3) is 0 Å². The molecular weight excluding hydrogens is 374 g/mol. The Morgan fingerprint density at radius 1 is 1.07 bits per heavy atom. The summed E-state index contributed by atoms with van der Waals surface area (Å²) in [6, 6.07) is 12.4. The van der Waals surface area contributed by atoms with E-state index in [9.17, 15) is 14.4 Å². The number of ketones is 1. The Balaban J connectivity index is 1.64. The third kappa shape index (κ3) is 4.81. The second kappa shape index (κ2) is 8.19. The van der Waals surface area contributed by atoms with Crippen LogP contribution in [0.1, 0.15) is 53.5 Å². The molecule has 1 N–H and O–H groups in total. The number of carbonyl (C=O) groups is 3. The first-order valence-corrected chi connectivity index (χ1v) is 10.1. The minimum Gasteiger partial charge on any atom is -0.454 e. The van der Waals surface area contributed by atoms with Gasteiger partial charge in [0.1, 0.15) is 0 Å². The first-order chi connectivity index (χ1) is 13.2. The van der Waals surface area contributed by atoms with Gasteiger partial charge >= 0.3 is 5.97 Å². The van der Waals surface area contributed by atoms with E-state index in [4.69, 9.17) is 4.74 Å². The summed E-state index contributed by atoms with van der Waals surface area (Å²) in [6.07, 6.45) is 0.432. The van der Waals surface area contributed by atoms with E-state index in [2.05, 4.69) is 26.1 Å². The van der Waals surface area contributed by atoms with Crippen LogP contribution in [0.2, 0.25) is 0 Å². The zero-order valence-electron chi connectivity index (χ0n) is 16.2. The highest BCUT2D eigenvalue weighted by atomic mass is 32.2. The van der Waals surface area contributed by atoms with Crippen molar-refractivity contribution in [1.82, 2.24) is 0 Å². The van der Waals surface area contributed by atoms with Crippen LogP contribution in [0, 0.1) is 0 Å². The number of hydrogen-bond donors (Lipinski definition) is 1. The number of rotatable bonds is 4. The molecule has 0 aliphatic carbocycles. The van der Waals surface area contributed by atoms with E-state index >= 15 is 0 Å². The van der Waals surface area contributed by atoms with E-state index in [-0.39, 0.29) is 23.7 Å². The predicted molar refractivity (Wildman–Crippen MR) is 110 cm³/mol. The Kier molecular flexibility index (Phi) is 5.89.